The molecule has 0 atom stereocenters. The van der Waals surface area contributed by atoms with Crippen LogP contribution in [0.5, 0.6) is 5.75 Å². The Bertz CT molecular complexity index is 322. The van der Waals surface area contributed by atoms with E-state index in [-0.39, 0.29) is 0 Å². The van der Waals surface area contributed by atoms with Crippen LogP contribution in [0.15, 0.2) is 18.2 Å². The summed E-state index contributed by atoms with van der Waals surface area (Å²) in [7, 11) is 0. The number of unbranched alkanes of at least 4 members (excludes halogenated alkanes) is 2. The van der Waals surface area contributed by atoms with Gasteiger partial charge in [0.1, 0.15) is 5.75 Å². The van der Waals surface area contributed by atoms with Gasteiger partial charge in [-0.25, -0.2) is 0 Å². The van der Waals surface area contributed by atoms with Crippen molar-refractivity contribution in [2.45, 2.75) is 32.1 Å². The number of nitrogens with two attached hydrogens (primary N) is 1. The zero-order valence-corrected chi connectivity index (χ0v) is 9.17. The van der Waals surface area contributed by atoms with E-state index in [2.05, 4.69) is 18.2 Å². The monoisotopic (exact) mass is 205 g/mol. The molecule has 0 saturated heterocycles. The molecule has 0 radical (unpaired) electrons. The van der Waals surface area contributed by atoms with E-state index in [4.69, 9.17) is 10.5 Å². The lowest BCUT2D eigenvalue weighted by molar-refractivity contribution is 0.357. The predicted molar refractivity (Wildman–Crippen MR) is 62.3 cm³/mol. The van der Waals surface area contributed by atoms with Crippen LogP contribution in [0.4, 0.5) is 0 Å². The zero-order valence-electron chi connectivity index (χ0n) is 9.17. The molecule has 0 amide bonds. The van der Waals surface area contributed by atoms with Gasteiger partial charge in [-0.05, 0) is 43.0 Å². The van der Waals surface area contributed by atoms with Gasteiger partial charge < -0.3 is 10.5 Å². The fraction of sp³-hybridized carbons (Fsp3) is 0.538. The van der Waals surface area contributed by atoms with Crippen LogP contribution in [0.25, 0.3) is 0 Å². The second-order valence-electron chi connectivity index (χ2n) is 4.14. The summed E-state index contributed by atoms with van der Waals surface area (Å²) < 4.78 is 5.48. The SMILES string of the molecule is NCCCCCc1ccc2c(c1)CCO2. The maximum absolute atomic E-state index is 5.48. The number of aryl methyl sites for hydroxylation is 1. The van der Waals surface area contributed by atoms with Gasteiger partial charge in [0.05, 0.1) is 6.61 Å². The van der Waals surface area contributed by atoms with Gasteiger partial charge in [0, 0.05) is 6.42 Å². The maximum atomic E-state index is 5.48. The summed E-state index contributed by atoms with van der Waals surface area (Å²) in [4.78, 5) is 0. The van der Waals surface area contributed by atoms with Gasteiger partial charge in [0.2, 0.25) is 0 Å². The normalized spacial score (nSPS) is 13.7. The van der Waals surface area contributed by atoms with E-state index < -0.39 is 0 Å². The number of hydrogen-bond acceptors (Lipinski definition) is 2. The van der Waals surface area contributed by atoms with E-state index in [0.29, 0.717) is 0 Å². The molecular formula is C13H19NO. The summed E-state index contributed by atoms with van der Waals surface area (Å²) in [6, 6.07) is 6.60. The second-order valence-corrected chi connectivity index (χ2v) is 4.14. The van der Waals surface area contributed by atoms with Crippen LogP contribution in [-0.2, 0) is 12.8 Å². The Morgan fingerprint density at radius 3 is 3.00 bits per heavy atom. The van der Waals surface area contributed by atoms with E-state index in [9.17, 15) is 0 Å². The van der Waals surface area contributed by atoms with Gasteiger partial charge in [-0.1, -0.05) is 18.6 Å². The van der Waals surface area contributed by atoms with Crippen LogP contribution in [-0.4, -0.2) is 13.2 Å². The average Bonchev–Trinajstić information content (AvgIpc) is 2.71. The topological polar surface area (TPSA) is 35.2 Å². The van der Waals surface area contributed by atoms with Crippen LogP contribution in [0.2, 0.25) is 0 Å². The van der Waals surface area contributed by atoms with Crippen LogP contribution in [0.1, 0.15) is 30.4 Å². The molecule has 0 aromatic heterocycles. The Hall–Kier alpha value is -1.02. The Labute approximate surface area is 91.4 Å². The molecule has 0 unspecified atom stereocenters. The van der Waals surface area contributed by atoms with Gasteiger partial charge in [0.25, 0.3) is 0 Å². The molecule has 0 aliphatic carbocycles. The fourth-order valence-electron chi connectivity index (χ4n) is 2.05. The zero-order chi connectivity index (χ0) is 10.5. The van der Waals surface area contributed by atoms with Crippen LogP contribution in [0.3, 0.4) is 0 Å². The molecule has 1 heterocycles. The summed E-state index contributed by atoms with van der Waals surface area (Å²) in [6.07, 6.45) is 5.88. The van der Waals surface area contributed by atoms with Crippen molar-refractivity contribution in [1.29, 1.82) is 0 Å². The highest BCUT2D eigenvalue weighted by atomic mass is 16.5. The molecule has 0 fully saturated rings. The van der Waals surface area contributed by atoms with E-state index >= 15 is 0 Å². The molecule has 1 aromatic carbocycles. The van der Waals surface area contributed by atoms with Crippen molar-refractivity contribution < 1.29 is 4.74 Å². The third-order valence-corrected chi connectivity index (χ3v) is 2.92. The molecule has 2 rings (SSSR count). The van der Waals surface area contributed by atoms with E-state index in [1.54, 1.807) is 0 Å². The van der Waals surface area contributed by atoms with Crippen molar-refractivity contribution in [3.63, 3.8) is 0 Å². The summed E-state index contributed by atoms with van der Waals surface area (Å²) in [5, 5.41) is 0. The van der Waals surface area contributed by atoms with Crippen molar-refractivity contribution >= 4 is 0 Å². The molecule has 2 heteroatoms. The minimum absolute atomic E-state index is 0.817. The highest BCUT2D eigenvalue weighted by Crippen LogP contribution is 2.26. The standard InChI is InChI=1S/C13H19NO/c14-8-3-1-2-4-11-5-6-13-12(10-11)7-9-15-13/h5-6,10H,1-4,7-9,14H2. The molecule has 1 aromatic rings. The molecule has 2 N–H and O–H groups in total. The molecule has 0 spiro atoms. The molecule has 0 bridgehead atoms. The van der Waals surface area contributed by atoms with Crippen molar-refractivity contribution in [2.75, 3.05) is 13.2 Å². The average molecular weight is 205 g/mol. The summed E-state index contributed by atoms with van der Waals surface area (Å²) in [5.41, 5.74) is 8.29. The molecule has 15 heavy (non-hydrogen) atoms. The van der Waals surface area contributed by atoms with Crippen LogP contribution in [0, 0.1) is 0 Å². The predicted octanol–water partition coefficient (Wildman–Crippen LogP) is 2.29. The first-order valence-electron chi connectivity index (χ1n) is 5.85. The van der Waals surface area contributed by atoms with Crippen LogP contribution >= 0.6 is 0 Å². The number of rotatable bonds is 5. The molecule has 82 valence electrons. The molecule has 1 aliphatic rings. The molecule has 2 nitrogen and oxygen atoms in total. The van der Waals surface area contributed by atoms with Gasteiger partial charge in [-0.15, -0.1) is 0 Å². The van der Waals surface area contributed by atoms with Crippen molar-refractivity contribution in [3.8, 4) is 5.75 Å². The first kappa shape index (κ1) is 10.5. The lowest BCUT2D eigenvalue weighted by Crippen LogP contribution is -1.98. The number of hydrogen-bond donors (Lipinski definition) is 1. The van der Waals surface area contributed by atoms with Gasteiger partial charge in [0.15, 0.2) is 0 Å². The third-order valence-electron chi connectivity index (χ3n) is 2.92. The van der Waals surface area contributed by atoms with Gasteiger partial charge in [-0.2, -0.15) is 0 Å². The number of ether oxygens (including phenoxy) is 1. The Balaban J connectivity index is 1.87. The van der Waals surface area contributed by atoms with E-state index in [0.717, 1.165) is 31.7 Å². The number of benzene rings is 1. The van der Waals surface area contributed by atoms with Crippen molar-refractivity contribution in [2.24, 2.45) is 5.73 Å². The highest BCUT2D eigenvalue weighted by molar-refractivity contribution is 5.39. The summed E-state index contributed by atoms with van der Waals surface area (Å²) >= 11 is 0. The number of fused-ring (bicyclic) bond motifs is 1. The molecular weight excluding hydrogens is 186 g/mol. The Kier molecular flexibility index (Phi) is 3.62. The minimum atomic E-state index is 0.817. The van der Waals surface area contributed by atoms with Crippen molar-refractivity contribution in [1.82, 2.24) is 0 Å². The van der Waals surface area contributed by atoms with E-state index in [1.807, 2.05) is 0 Å². The molecule has 0 saturated carbocycles. The van der Waals surface area contributed by atoms with E-state index in [1.165, 1.54) is 30.4 Å². The largest absolute Gasteiger partial charge is 0.493 e. The lowest BCUT2D eigenvalue weighted by Gasteiger charge is -2.03. The van der Waals surface area contributed by atoms with Crippen LogP contribution < -0.4 is 10.5 Å². The Morgan fingerprint density at radius 2 is 2.13 bits per heavy atom. The second kappa shape index (κ2) is 5.17. The third kappa shape index (κ3) is 2.72. The van der Waals surface area contributed by atoms with Gasteiger partial charge >= 0.3 is 0 Å². The first-order valence-corrected chi connectivity index (χ1v) is 5.85. The van der Waals surface area contributed by atoms with Gasteiger partial charge in [-0.3, -0.25) is 0 Å². The summed E-state index contributed by atoms with van der Waals surface area (Å²) in [5.74, 6) is 1.08. The first-order chi connectivity index (χ1) is 7.40. The minimum Gasteiger partial charge on any atom is -0.493 e. The Morgan fingerprint density at radius 1 is 1.20 bits per heavy atom. The van der Waals surface area contributed by atoms with Crippen molar-refractivity contribution in [3.05, 3.63) is 29.3 Å². The highest BCUT2D eigenvalue weighted by Gasteiger charge is 2.11. The molecule has 1 aliphatic heterocycles. The quantitative estimate of drug-likeness (QED) is 0.748. The fourth-order valence-corrected chi connectivity index (χ4v) is 2.05. The maximum Gasteiger partial charge on any atom is 0.122 e. The summed E-state index contributed by atoms with van der Waals surface area (Å²) in [6.45, 7) is 1.67. The smallest absolute Gasteiger partial charge is 0.122 e. The lowest BCUT2D eigenvalue weighted by atomic mass is 10.0.